The normalized spacial score (nSPS) is 12.2. The first-order valence-electron chi connectivity index (χ1n) is 19.4. The van der Waals surface area contributed by atoms with Crippen molar-refractivity contribution >= 4 is 92.9 Å². The Kier molecular flexibility index (Phi) is 6.10. The van der Waals surface area contributed by atoms with Gasteiger partial charge in [-0.3, -0.25) is 9.38 Å². The lowest BCUT2D eigenvalue weighted by molar-refractivity contribution is 1.13. The van der Waals surface area contributed by atoms with Gasteiger partial charge in [-0.05, 0) is 89.3 Å². The summed E-state index contributed by atoms with van der Waals surface area (Å²) in [6.45, 7) is 0. The molecule has 0 fully saturated rings. The van der Waals surface area contributed by atoms with Gasteiger partial charge in [-0.25, -0.2) is 4.98 Å². The molecule has 0 aliphatic heterocycles. The fourth-order valence-corrected chi connectivity index (χ4v) is 9.58. The van der Waals surface area contributed by atoms with Crippen LogP contribution < -0.4 is 0 Å². The molecule has 0 aliphatic carbocycles. The summed E-state index contributed by atoms with van der Waals surface area (Å²) in [6.07, 6.45) is 1.89. The maximum absolute atomic E-state index is 5.22. The fraction of sp³-hybridized carbons (Fsp3) is 0. The topological polar surface area (TPSA) is 40.0 Å². The van der Waals surface area contributed by atoms with E-state index in [-0.39, 0.29) is 0 Å². The summed E-state index contributed by atoms with van der Waals surface area (Å²) in [7, 11) is 0. The van der Waals surface area contributed by atoms with Crippen LogP contribution in [0.15, 0.2) is 188 Å². The van der Waals surface area contributed by atoms with Crippen LogP contribution in [-0.2, 0) is 0 Å². The maximum Gasteiger partial charge on any atom is 0.148 e. The van der Waals surface area contributed by atoms with Gasteiger partial charge < -0.3 is 9.13 Å². The van der Waals surface area contributed by atoms with Crippen LogP contribution in [0.1, 0.15) is 0 Å². The van der Waals surface area contributed by atoms with E-state index in [1.165, 1.54) is 43.6 Å². The SMILES string of the molecule is c1cnc2c(c1)ccc1c3cc(-c4cc(-n5c6ccccc6c6ccccc65)cc(-n5c6ccccc6c6ccccc65)c4)ccc3n3c4ccccc4nc3c12. The zero-order valence-corrected chi connectivity index (χ0v) is 30.6. The number of pyridine rings is 2. The summed E-state index contributed by atoms with van der Waals surface area (Å²) in [5.74, 6) is 0. The summed E-state index contributed by atoms with van der Waals surface area (Å²) < 4.78 is 7.19. The Bertz CT molecular complexity index is 3590. The standard InChI is InChI=1S/C52H31N5/c1-6-18-44-37(13-1)38-14-2-7-19-45(38)55(44)35-28-34(29-36(31-35)56-46-20-8-3-15-39(46)40-16-4-9-21-47(40)56)33-24-26-48-42(30-33)41-25-23-32-12-11-27-53-51(32)50(41)52-54-43-17-5-10-22-49(43)57(48)52/h1-31H. The van der Waals surface area contributed by atoms with Gasteiger partial charge in [0.05, 0.1) is 49.5 Å². The Morgan fingerprint density at radius 3 is 1.54 bits per heavy atom. The van der Waals surface area contributed by atoms with Gasteiger partial charge >= 0.3 is 0 Å². The number of aromatic nitrogens is 5. The molecule has 0 atom stereocenters. The smallest absolute Gasteiger partial charge is 0.148 e. The molecule has 264 valence electrons. The van der Waals surface area contributed by atoms with Crippen molar-refractivity contribution in [3.8, 4) is 22.5 Å². The minimum atomic E-state index is 0.928. The van der Waals surface area contributed by atoms with E-state index in [4.69, 9.17) is 9.97 Å². The fourth-order valence-electron chi connectivity index (χ4n) is 9.58. The molecule has 0 spiro atoms. The highest BCUT2D eigenvalue weighted by Gasteiger charge is 2.20. The van der Waals surface area contributed by atoms with Crippen LogP contribution in [0.3, 0.4) is 0 Å². The number of fused-ring (bicyclic) bond motifs is 16. The zero-order valence-electron chi connectivity index (χ0n) is 30.6. The van der Waals surface area contributed by atoms with Crippen molar-refractivity contribution in [2.24, 2.45) is 0 Å². The van der Waals surface area contributed by atoms with Crippen molar-refractivity contribution < 1.29 is 0 Å². The first-order chi connectivity index (χ1) is 28.3. The molecule has 0 radical (unpaired) electrons. The minimum Gasteiger partial charge on any atom is -0.309 e. The minimum absolute atomic E-state index is 0.928. The molecule has 5 heterocycles. The third-order valence-corrected chi connectivity index (χ3v) is 12.0. The average Bonchev–Trinajstić information content (AvgIpc) is 3.94. The third kappa shape index (κ3) is 4.23. The van der Waals surface area contributed by atoms with E-state index in [1.54, 1.807) is 0 Å². The molecule has 0 unspecified atom stereocenters. The summed E-state index contributed by atoms with van der Waals surface area (Å²) in [4.78, 5) is 10.2. The third-order valence-electron chi connectivity index (χ3n) is 12.0. The van der Waals surface area contributed by atoms with Crippen LogP contribution in [0.5, 0.6) is 0 Å². The monoisotopic (exact) mass is 725 g/mol. The first-order valence-corrected chi connectivity index (χ1v) is 19.4. The maximum atomic E-state index is 5.22. The van der Waals surface area contributed by atoms with Crippen molar-refractivity contribution in [1.29, 1.82) is 0 Å². The van der Waals surface area contributed by atoms with Crippen LogP contribution in [-0.4, -0.2) is 23.5 Å². The summed E-state index contributed by atoms with van der Waals surface area (Å²) in [5.41, 5.74) is 14.3. The number of imidazole rings is 1. The molecule has 0 saturated heterocycles. The molecule has 0 aliphatic rings. The highest BCUT2D eigenvalue weighted by atomic mass is 15.0. The van der Waals surface area contributed by atoms with E-state index < -0.39 is 0 Å². The number of para-hydroxylation sites is 6. The van der Waals surface area contributed by atoms with E-state index in [0.717, 1.165) is 71.8 Å². The van der Waals surface area contributed by atoms with Gasteiger partial charge in [-0.15, -0.1) is 0 Å². The van der Waals surface area contributed by atoms with Crippen LogP contribution >= 0.6 is 0 Å². The Balaban J connectivity index is 1.16. The van der Waals surface area contributed by atoms with Crippen molar-refractivity contribution in [1.82, 2.24) is 23.5 Å². The molecule has 5 nitrogen and oxygen atoms in total. The summed E-state index contributed by atoms with van der Waals surface area (Å²) in [6, 6.07) is 66.0. The quantitative estimate of drug-likeness (QED) is 0.170. The van der Waals surface area contributed by atoms with E-state index in [1.807, 2.05) is 12.3 Å². The molecule has 13 aromatic rings. The molecule has 0 amide bonds. The van der Waals surface area contributed by atoms with Gasteiger partial charge in [0, 0.05) is 49.9 Å². The second kappa shape index (κ2) is 11.4. The molecule has 5 aromatic heterocycles. The summed E-state index contributed by atoms with van der Waals surface area (Å²) >= 11 is 0. The van der Waals surface area contributed by atoms with Gasteiger partial charge in [0.25, 0.3) is 0 Å². The first kappa shape index (κ1) is 30.6. The second-order valence-electron chi connectivity index (χ2n) is 15.0. The van der Waals surface area contributed by atoms with Crippen LogP contribution in [0.25, 0.3) is 115 Å². The van der Waals surface area contributed by atoms with Crippen LogP contribution in [0, 0.1) is 0 Å². The number of hydrogen-bond acceptors (Lipinski definition) is 2. The van der Waals surface area contributed by atoms with Gasteiger partial charge in [0.2, 0.25) is 0 Å². The molecule has 0 bridgehead atoms. The molecular formula is C52H31N5. The molecule has 5 heteroatoms. The van der Waals surface area contributed by atoms with Crippen LogP contribution in [0.4, 0.5) is 0 Å². The molecule has 0 saturated carbocycles. The zero-order chi connectivity index (χ0) is 37.2. The van der Waals surface area contributed by atoms with Gasteiger partial charge in [0.1, 0.15) is 5.65 Å². The predicted octanol–water partition coefficient (Wildman–Crippen LogP) is 13.2. The number of hydrogen-bond donors (Lipinski definition) is 0. The second-order valence-corrected chi connectivity index (χ2v) is 15.0. The Labute approximate surface area is 325 Å². The van der Waals surface area contributed by atoms with Crippen molar-refractivity contribution in [3.63, 3.8) is 0 Å². The predicted molar refractivity (Wildman–Crippen MR) is 237 cm³/mol. The molecule has 8 aromatic carbocycles. The summed E-state index contributed by atoms with van der Waals surface area (Å²) in [5, 5.41) is 9.44. The van der Waals surface area contributed by atoms with E-state index in [9.17, 15) is 0 Å². The Morgan fingerprint density at radius 2 is 0.930 bits per heavy atom. The molecular weight excluding hydrogens is 695 g/mol. The lowest BCUT2D eigenvalue weighted by Gasteiger charge is -2.17. The molecule has 0 N–H and O–H groups in total. The lowest BCUT2D eigenvalue weighted by atomic mass is 9.97. The van der Waals surface area contributed by atoms with Crippen molar-refractivity contribution in [2.45, 2.75) is 0 Å². The number of nitrogens with zero attached hydrogens (tertiary/aromatic N) is 5. The largest absolute Gasteiger partial charge is 0.309 e. The van der Waals surface area contributed by atoms with Crippen LogP contribution in [0.2, 0.25) is 0 Å². The lowest BCUT2D eigenvalue weighted by Crippen LogP contribution is -2.00. The Morgan fingerprint density at radius 1 is 0.368 bits per heavy atom. The van der Waals surface area contributed by atoms with Crippen molar-refractivity contribution in [2.75, 3.05) is 0 Å². The average molecular weight is 726 g/mol. The van der Waals surface area contributed by atoms with E-state index in [2.05, 4.69) is 189 Å². The van der Waals surface area contributed by atoms with E-state index in [0.29, 0.717) is 0 Å². The van der Waals surface area contributed by atoms with Gasteiger partial charge in [-0.1, -0.05) is 109 Å². The van der Waals surface area contributed by atoms with E-state index >= 15 is 0 Å². The number of benzene rings is 8. The highest BCUT2D eigenvalue weighted by molar-refractivity contribution is 6.22. The van der Waals surface area contributed by atoms with Crippen molar-refractivity contribution in [3.05, 3.63) is 188 Å². The molecule has 13 rings (SSSR count). The molecule has 57 heavy (non-hydrogen) atoms. The van der Waals surface area contributed by atoms with Gasteiger partial charge in [-0.2, -0.15) is 0 Å². The van der Waals surface area contributed by atoms with Gasteiger partial charge in [0.15, 0.2) is 0 Å². The Hall–Kier alpha value is -7.76. The highest BCUT2D eigenvalue weighted by Crippen LogP contribution is 2.41. The number of rotatable bonds is 3.